The molecular formula is C5H4F7. The lowest BCUT2D eigenvalue weighted by Gasteiger charge is -2.15. The molecule has 0 N–H and O–H groups in total. The third kappa shape index (κ3) is 3.27. The van der Waals surface area contributed by atoms with Crippen LogP contribution in [0.4, 0.5) is 30.7 Å². The third-order valence-corrected chi connectivity index (χ3v) is 1.00. The molecule has 0 aliphatic rings. The van der Waals surface area contributed by atoms with Crippen LogP contribution in [-0.2, 0) is 0 Å². The van der Waals surface area contributed by atoms with Gasteiger partial charge < -0.3 is 0 Å². The molecule has 0 aromatic rings. The van der Waals surface area contributed by atoms with E-state index in [-0.39, 0.29) is 0 Å². The molecule has 0 bridgehead atoms. The number of rotatable bonds is 4. The summed E-state index contributed by atoms with van der Waals surface area (Å²) in [5.74, 6) is -4.77. The van der Waals surface area contributed by atoms with Crippen LogP contribution in [0.5, 0.6) is 0 Å². The van der Waals surface area contributed by atoms with Gasteiger partial charge >= 0.3 is 12.3 Å². The molecule has 0 aliphatic carbocycles. The van der Waals surface area contributed by atoms with Crippen LogP contribution in [-0.4, -0.2) is 18.5 Å². The van der Waals surface area contributed by atoms with Crippen molar-refractivity contribution < 1.29 is 30.7 Å². The first-order chi connectivity index (χ1) is 5.27. The van der Waals surface area contributed by atoms with E-state index in [1.807, 2.05) is 0 Å². The van der Waals surface area contributed by atoms with E-state index >= 15 is 0 Å². The van der Waals surface area contributed by atoms with Crippen molar-refractivity contribution in [3.8, 4) is 0 Å². The minimum atomic E-state index is -4.77. The second-order valence-corrected chi connectivity index (χ2v) is 2.02. The first-order valence-electron chi connectivity index (χ1n) is 2.76. The standard InChI is InChI=1S/C5H4F7/c6-2(3(7)8)1-5(11,12)4(9)10/h2-3H,1H2. The highest BCUT2D eigenvalue weighted by Crippen LogP contribution is 2.35. The Morgan fingerprint density at radius 2 is 1.50 bits per heavy atom. The number of halogens is 7. The molecule has 1 unspecified atom stereocenters. The summed E-state index contributed by atoms with van der Waals surface area (Å²) in [7, 11) is 0. The zero-order chi connectivity index (χ0) is 9.94. The van der Waals surface area contributed by atoms with Gasteiger partial charge in [0.2, 0.25) is 0 Å². The van der Waals surface area contributed by atoms with Gasteiger partial charge in [0.15, 0.2) is 6.17 Å². The molecule has 73 valence electrons. The summed E-state index contributed by atoms with van der Waals surface area (Å²) in [6.45, 7) is 0. The second kappa shape index (κ2) is 3.95. The summed E-state index contributed by atoms with van der Waals surface area (Å²) in [6.07, 6.45) is -12.4. The normalized spacial score (nSPS) is 15.8. The summed E-state index contributed by atoms with van der Waals surface area (Å²) in [4.78, 5) is 0. The van der Waals surface area contributed by atoms with Gasteiger partial charge in [-0.2, -0.15) is 17.6 Å². The van der Waals surface area contributed by atoms with E-state index < -0.39 is 31.4 Å². The molecule has 0 heterocycles. The van der Waals surface area contributed by atoms with Gasteiger partial charge in [0.1, 0.15) is 0 Å². The van der Waals surface area contributed by atoms with Gasteiger partial charge in [0.25, 0.3) is 6.43 Å². The fourth-order valence-corrected chi connectivity index (χ4v) is 0.411. The van der Waals surface area contributed by atoms with Crippen LogP contribution >= 0.6 is 0 Å². The van der Waals surface area contributed by atoms with Crippen LogP contribution in [0.25, 0.3) is 0 Å². The highest BCUT2D eigenvalue weighted by Gasteiger charge is 2.46. The summed E-state index contributed by atoms with van der Waals surface area (Å²) in [6, 6.07) is 0. The Kier molecular flexibility index (Phi) is 3.79. The fraction of sp³-hybridized carbons (Fsp3) is 0.800. The summed E-state index contributed by atoms with van der Waals surface area (Å²) in [5, 5.41) is 0. The average molecular weight is 197 g/mol. The Morgan fingerprint density at radius 1 is 1.08 bits per heavy atom. The highest BCUT2D eigenvalue weighted by atomic mass is 19.3. The smallest absolute Gasteiger partial charge is 0.241 e. The predicted molar refractivity (Wildman–Crippen MR) is 25.9 cm³/mol. The maximum atomic E-state index is 11.8. The Bertz CT molecular complexity index is 132. The summed E-state index contributed by atoms with van der Waals surface area (Å²) in [5.41, 5.74) is 0. The van der Waals surface area contributed by atoms with Crippen molar-refractivity contribution in [2.24, 2.45) is 0 Å². The van der Waals surface area contributed by atoms with Gasteiger partial charge in [0, 0.05) is 0 Å². The number of hydrogen-bond donors (Lipinski definition) is 0. The molecule has 0 fully saturated rings. The van der Waals surface area contributed by atoms with Crippen LogP contribution in [0.15, 0.2) is 0 Å². The lowest BCUT2D eigenvalue weighted by Crippen LogP contribution is -2.28. The summed E-state index contributed by atoms with van der Waals surface area (Å²) < 4.78 is 80.3. The molecule has 0 saturated carbocycles. The van der Waals surface area contributed by atoms with E-state index in [4.69, 9.17) is 0 Å². The van der Waals surface area contributed by atoms with Crippen molar-refractivity contribution in [2.45, 2.75) is 24.9 Å². The van der Waals surface area contributed by atoms with E-state index in [1.54, 1.807) is 0 Å². The van der Waals surface area contributed by atoms with Crippen LogP contribution in [0.2, 0.25) is 0 Å². The molecule has 0 spiro atoms. The zero-order valence-electron chi connectivity index (χ0n) is 5.51. The van der Waals surface area contributed by atoms with Crippen LogP contribution in [0.1, 0.15) is 6.42 Å². The summed E-state index contributed by atoms with van der Waals surface area (Å²) >= 11 is 0. The molecule has 12 heavy (non-hydrogen) atoms. The largest absolute Gasteiger partial charge is 0.378 e. The molecule has 7 heteroatoms. The molecule has 0 aromatic heterocycles. The minimum absolute atomic E-state index is 2.19. The molecule has 1 atom stereocenters. The first kappa shape index (κ1) is 11.5. The van der Waals surface area contributed by atoms with Crippen molar-refractivity contribution in [3.05, 3.63) is 6.43 Å². The third-order valence-electron chi connectivity index (χ3n) is 1.00. The molecular weight excluding hydrogens is 193 g/mol. The number of alkyl halides is 5. The van der Waals surface area contributed by atoms with Gasteiger partial charge in [0.05, 0.1) is 6.42 Å². The van der Waals surface area contributed by atoms with Crippen molar-refractivity contribution in [3.63, 3.8) is 0 Å². The average Bonchev–Trinajstić information content (AvgIpc) is 1.85. The van der Waals surface area contributed by atoms with Crippen molar-refractivity contribution in [1.29, 1.82) is 0 Å². The first-order valence-corrected chi connectivity index (χ1v) is 2.76. The Hall–Kier alpha value is -0.490. The highest BCUT2D eigenvalue weighted by molar-refractivity contribution is 4.86. The lowest BCUT2D eigenvalue weighted by molar-refractivity contribution is -0.0975. The maximum absolute atomic E-state index is 11.8. The minimum Gasteiger partial charge on any atom is -0.241 e. The molecule has 0 aliphatic heterocycles. The molecule has 0 amide bonds. The van der Waals surface area contributed by atoms with Gasteiger partial charge in [-0.1, -0.05) is 0 Å². The lowest BCUT2D eigenvalue weighted by atomic mass is 10.2. The van der Waals surface area contributed by atoms with Crippen molar-refractivity contribution >= 4 is 0 Å². The molecule has 0 rings (SSSR count). The predicted octanol–water partition coefficient (Wildman–Crippen LogP) is 3.04. The van der Waals surface area contributed by atoms with Crippen LogP contribution in [0, 0.1) is 6.43 Å². The topological polar surface area (TPSA) is 0 Å². The van der Waals surface area contributed by atoms with Gasteiger partial charge in [-0.05, 0) is 0 Å². The Balaban J connectivity index is 4.05. The van der Waals surface area contributed by atoms with Crippen molar-refractivity contribution in [2.75, 3.05) is 0 Å². The molecule has 0 nitrogen and oxygen atoms in total. The van der Waals surface area contributed by atoms with Crippen molar-refractivity contribution in [1.82, 2.24) is 0 Å². The van der Waals surface area contributed by atoms with E-state index in [2.05, 4.69) is 0 Å². The second-order valence-electron chi connectivity index (χ2n) is 2.02. The van der Waals surface area contributed by atoms with Crippen LogP contribution < -0.4 is 0 Å². The molecule has 0 saturated heterocycles. The van der Waals surface area contributed by atoms with E-state index in [0.29, 0.717) is 0 Å². The fourth-order valence-electron chi connectivity index (χ4n) is 0.411. The quantitative estimate of drug-likeness (QED) is 0.607. The monoisotopic (exact) mass is 197 g/mol. The zero-order valence-corrected chi connectivity index (χ0v) is 5.51. The van der Waals surface area contributed by atoms with E-state index in [1.165, 1.54) is 0 Å². The van der Waals surface area contributed by atoms with E-state index in [0.717, 1.165) is 0 Å². The van der Waals surface area contributed by atoms with Gasteiger partial charge in [-0.3, -0.25) is 0 Å². The maximum Gasteiger partial charge on any atom is 0.378 e. The molecule has 0 aromatic carbocycles. The van der Waals surface area contributed by atoms with Gasteiger partial charge in [-0.25, -0.2) is 13.2 Å². The Labute approximate surface area is 63.4 Å². The molecule has 1 radical (unpaired) electrons. The van der Waals surface area contributed by atoms with Gasteiger partial charge in [-0.15, -0.1) is 0 Å². The number of hydrogen-bond acceptors (Lipinski definition) is 0. The Morgan fingerprint density at radius 3 is 1.75 bits per heavy atom. The van der Waals surface area contributed by atoms with Crippen LogP contribution in [0.3, 0.4) is 0 Å². The SMILES string of the molecule is F[C](F)C(F)(F)CC(F)C(F)F. The van der Waals surface area contributed by atoms with E-state index in [9.17, 15) is 30.7 Å².